The molecular formula is C16H20N2OS. The summed E-state index contributed by atoms with van der Waals surface area (Å²) in [6, 6.07) is 8.87. The lowest BCUT2D eigenvalue weighted by atomic mass is 10.2. The molecule has 1 fully saturated rings. The van der Waals surface area contributed by atoms with Gasteiger partial charge >= 0.3 is 0 Å². The Kier molecular flexibility index (Phi) is 3.83. The van der Waals surface area contributed by atoms with E-state index in [1.54, 1.807) is 11.3 Å². The van der Waals surface area contributed by atoms with Gasteiger partial charge in [0, 0.05) is 12.6 Å². The molecule has 1 aliphatic rings. The third kappa shape index (κ3) is 2.75. The van der Waals surface area contributed by atoms with Crippen LogP contribution in [0.3, 0.4) is 0 Å². The van der Waals surface area contributed by atoms with Gasteiger partial charge < -0.3 is 15.4 Å². The van der Waals surface area contributed by atoms with Crippen LogP contribution in [0.25, 0.3) is 0 Å². The van der Waals surface area contributed by atoms with Crippen LogP contribution >= 0.6 is 11.3 Å². The molecular weight excluding hydrogens is 268 g/mol. The van der Waals surface area contributed by atoms with Crippen molar-refractivity contribution in [2.75, 3.05) is 17.2 Å². The van der Waals surface area contributed by atoms with Gasteiger partial charge in [-0.05, 0) is 54.3 Å². The van der Waals surface area contributed by atoms with E-state index in [0.29, 0.717) is 12.6 Å². The minimum absolute atomic E-state index is 0.620. The number of nitrogen functional groups attached to an aromatic ring is 1. The van der Waals surface area contributed by atoms with Crippen molar-refractivity contribution in [3.05, 3.63) is 40.6 Å². The number of para-hydroxylation sites is 1. The molecule has 0 unspecified atom stereocenters. The number of ether oxygens (including phenoxy) is 1. The first-order valence-electron chi connectivity index (χ1n) is 7.08. The fourth-order valence-electron chi connectivity index (χ4n) is 2.44. The predicted octanol–water partition coefficient (Wildman–Crippen LogP) is 3.90. The molecule has 0 atom stereocenters. The molecule has 0 spiro atoms. The highest BCUT2D eigenvalue weighted by atomic mass is 32.1. The Balaban J connectivity index is 1.89. The molecule has 3 rings (SSSR count). The average molecular weight is 288 g/mol. The summed E-state index contributed by atoms with van der Waals surface area (Å²) in [5, 5.41) is 4.33. The molecule has 2 N–H and O–H groups in total. The predicted molar refractivity (Wildman–Crippen MR) is 85.5 cm³/mol. The van der Waals surface area contributed by atoms with Gasteiger partial charge in [0.1, 0.15) is 5.75 Å². The van der Waals surface area contributed by atoms with E-state index in [-0.39, 0.29) is 0 Å². The van der Waals surface area contributed by atoms with Crippen LogP contribution < -0.4 is 15.4 Å². The summed E-state index contributed by atoms with van der Waals surface area (Å²) < 4.78 is 5.61. The van der Waals surface area contributed by atoms with Crippen molar-refractivity contribution in [1.82, 2.24) is 0 Å². The number of thiophene rings is 1. The number of anilines is 2. The largest absolute Gasteiger partial charge is 0.492 e. The van der Waals surface area contributed by atoms with Gasteiger partial charge in [0.25, 0.3) is 0 Å². The van der Waals surface area contributed by atoms with Crippen LogP contribution in [-0.4, -0.2) is 12.6 Å². The van der Waals surface area contributed by atoms with E-state index in [4.69, 9.17) is 10.5 Å². The zero-order chi connectivity index (χ0) is 13.9. The van der Waals surface area contributed by atoms with Gasteiger partial charge in [0.15, 0.2) is 0 Å². The molecule has 1 aromatic carbocycles. The van der Waals surface area contributed by atoms with Crippen molar-refractivity contribution in [2.45, 2.75) is 32.4 Å². The molecule has 1 saturated carbocycles. The Hall–Kier alpha value is -1.68. The fourth-order valence-corrected chi connectivity index (χ4v) is 3.10. The van der Waals surface area contributed by atoms with Crippen LogP contribution in [0.1, 0.15) is 25.3 Å². The lowest BCUT2D eigenvalue weighted by molar-refractivity contribution is 0.342. The third-order valence-corrected chi connectivity index (χ3v) is 4.31. The van der Waals surface area contributed by atoms with Crippen LogP contribution in [0.4, 0.5) is 11.4 Å². The number of hydrogen-bond acceptors (Lipinski definition) is 4. The van der Waals surface area contributed by atoms with Crippen LogP contribution in [0.5, 0.6) is 5.75 Å². The lowest BCUT2D eigenvalue weighted by Crippen LogP contribution is -2.25. The zero-order valence-electron chi connectivity index (χ0n) is 11.7. The maximum atomic E-state index is 6.30. The molecule has 0 radical (unpaired) electrons. The summed E-state index contributed by atoms with van der Waals surface area (Å²) in [6.45, 7) is 3.55. The minimum Gasteiger partial charge on any atom is -0.492 e. The Labute approximate surface area is 124 Å². The maximum Gasteiger partial charge on any atom is 0.144 e. The van der Waals surface area contributed by atoms with E-state index in [2.05, 4.69) is 27.8 Å². The highest BCUT2D eigenvalue weighted by Crippen LogP contribution is 2.39. The molecule has 0 amide bonds. The highest BCUT2D eigenvalue weighted by Gasteiger charge is 2.30. The van der Waals surface area contributed by atoms with Gasteiger partial charge in [0.2, 0.25) is 0 Å². The molecule has 4 heteroatoms. The summed E-state index contributed by atoms with van der Waals surface area (Å²) in [7, 11) is 0. The monoisotopic (exact) mass is 288 g/mol. The van der Waals surface area contributed by atoms with Crippen LogP contribution in [0.15, 0.2) is 35.0 Å². The molecule has 3 nitrogen and oxygen atoms in total. The Morgan fingerprint density at radius 1 is 1.35 bits per heavy atom. The standard InChI is InChI=1S/C16H20N2OS/c1-2-19-15-5-3-4-14(16(15)17)18(13-6-7-13)10-12-8-9-20-11-12/h3-5,8-9,11,13H,2,6-7,10,17H2,1H3. The second kappa shape index (κ2) is 5.75. The Morgan fingerprint density at radius 3 is 2.85 bits per heavy atom. The molecule has 0 bridgehead atoms. The smallest absolute Gasteiger partial charge is 0.144 e. The van der Waals surface area contributed by atoms with Crippen molar-refractivity contribution in [1.29, 1.82) is 0 Å². The van der Waals surface area contributed by atoms with Crippen molar-refractivity contribution in [2.24, 2.45) is 0 Å². The van der Waals surface area contributed by atoms with Crippen LogP contribution in [-0.2, 0) is 6.54 Å². The minimum atomic E-state index is 0.620. The normalized spacial score (nSPS) is 14.2. The Bertz CT molecular complexity index is 564. The molecule has 0 saturated heterocycles. The molecule has 106 valence electrons. The van der Waals surface area contributed by atoms with Crippen LogP contribution in [0.2, 0.25) is 0 Å². The van der Waals surface area contributed by atoms with E-state index in [1.807, 2.05) is 19.1 Å². The first kappa shape index (κ1) is 13.3. The molecule has 20 heavy (non-hydrogen) atoms. The molecule has 0 aliphatic heterocycles. The van der Waals surface area contributed by atoms with Gasteiger partial charge in [-0.2, -0.15) is 11.3 Å². The van der Waals surface area contributed by atoms with Gasteiger partial charge in [-0.3, -0.25) is 0 Å². The summed E-state index contributed by atoms with van der Waals surface area (Å²) in [5.74, 6) is 0.793. The maximum absolute atomic E-state index is 6.30. The van der Waals surface area contributed by atoms with E-state index in [1.165, 1.54) is 18.4 Å². The summed E-state index contributed by atoms with van der Waals surface area (Å²) >= 11 is 1.74. The second-order valence-electron chi connectivity index (χ2n) is 5.11. The first-order chi connectivity index (χ1) is 9.79. The SMILES string of the molecule is CCOc1cccc(N(Cc2ccsc2)C2CC2)c1N. The molecule has 2 aromatic rings. The summed E-state index contributed by atoms with van der Waals surface area (Å²) in [5.41, 5.74) is 9.51. The topological polar surface area (TPSA) is 38.5 Å². The van der Waals surface area contributed by atoms with E-state index in [0.717, 1.165) is 23.7 Å². The summed E-state index contributed by atoms with van der Waals surface area (Å²) in [6.07, 6.45) is 2.50. The molecule has 1 aliphatic carbocycles. The van der Waals surface area contributed by atoms with E-state index >= 15 is 0 Å². The molecule has 1 heterocycles. The fraction of sp³-hybridized carbons (Fsp3) is 0.375. The first-order valence-corrected chi connectivity index (χ1v) is 8.03. The number of hydrogen-bond donors (Lipinski definition) is 1. The quantitative estimate of drug-likeness (QED) is 0.819. The lowest BCUT2D eigenvalue weighted by Gasteiger charge is -2.26. The number of nitrogens with zero attached hydrogens (tertiary/aromatic N) is 1. The van der Waals surface area contributed by atoms with Crippen LogP contribution in [0, 0.1) is 0 Å². The number of rotatable bonds is 6. The molecule has 1 aromatic heterocycles. The van der Waals surface area contributed by atoms with Gasteiger partial charge in [-0.15, -0.1) is 0 Å². The van der Waals surface area contributed by atoms with Crippen molar-refractivity contribution in [3.63, 3.8) is 0 Å². The van der Waals surface area contributed by atoms with Gasteiger partial charge in [0.05, 0.1) is 18.0 Å². The zero-order valence-corrected chi connectivity index (χ0v) is 12.5. The second-order valence-corrected chi connectivity index (χ2v) is 5.89. The summed E-state index contributed by atoms with van der Waals surface area (Å²) in [4.78, 5) is 2.42. The Morgan fingerprint density at radius 2 is 2.20 bits per heavy atom. The van der Waals surface area contributed by atoms with E-state index < -0.39 is 0 Å². The van der Waals surface area contributed by atoms with Gasteiger partial charge in [-0.1, -0.05) is 6.07 Å². The third-order valence-electron chi connectivity index (χ3n) is 3.57. The number of benzene rings is 1. The van der Waals surface area contributed by atoms with Crippen molar-refractivity contribution in [3.8, 4) is 5.75 Å². The average Bonchev–Trinajstić information content (AvgIpc) is 3.16. The number of nitrogens with two attached hydrogens (primary N) is 1. The highest BCUT2D eigenvalue weighted by molar-refractivity contribution is 7.07. The van der Waals surface area contributed by atoms with Gasteiger partial charge in [-0.25, -0.2) is 0 Å². The van der Waals surface area contributed by atoms with E-state index in [9.17, 15) is 0 Å². The van der Waals surface area contributed by atoms with Crippen molar-refractivity contribution >= 4 is 22.7 Å². The van der Waals surface area contributed by atoms with Crippen molar-refractivity contribution < 1.29 is 4.74 Å².